The Balaban J connectivity index is 2.46. The first-order valence-electron chi connectivity index (χ1n) is 10.5. The van der Waals surface area contributed by atoms with E-state index in [2.05, 4.69) is 0 Å². The fourth-order valence-electron chi connectivity index (χ4n) is 2.86. The number of ketones is 1. The van der Waals surface area contributed by atoms with E-state index < -0.39 is 35.0 Å². The Morgan fingerprint density at radius 1 is 0.829 bits per heavy atom. The summed E-state index contributed by atoms with van der Waals surface area (Å²) in [5.74, 6) is -2.64. The van der Waals surface area contributed by atoms with Gasteiger partial charge in [0.2, 0.25) is 0 Å². The number of carbonyl (C=O) groups is 4. The molecule has 184 valence electrons. The fraction of sp³-hybridized carbons (Fsp3) is 0.231. The van der Waals surface area contributed by atoms with E-state index in [0.29, 0.717) is 5.56 Å². The molecule has 0 aliphatic carbocycles. The summed E-state index contributed by atoms with van der Waals surface area (Å²) in [5, 5.41) is 20.7. The molecule has 0 amide bonds. The van der Waals surface area contributed by atoms with E-state index in [-0.39, 0.29) is 28.4 Å². The van der Waals surface area contributed by atoms with Gasteiger partial charge in [-0.2, -0.15) is 0 Å². The lowest BCUT2D eigenvalue weighted by Gasteiger charge is -2.13. The van der Waals surface area contributed by atoms with Crippen molar-refractivity contribution in [1.82, 2.24) is 0 Å². The van der Waals surface area contributed by atoms with Crippen molar-refractivity contribution in [3.8, 4) is 23.0 Å². The van der Waals surface area contributed by atoms with Gasteiger partial charge in [-0.1, -0.05) is 6.08 Å². The van der Waals surface area contributed by atoms with Crippen LogP contribution in [-0.4, -0.2) is 39.5 Å². The highest BCUT2D eigenvalue weighted by Crippen LogP contribution is 2.34. The van der Waals surface area contributed by atoms with Crippen molar-refractivity contribution in [2.75, 3.05) is 0 Å². The van der Waals surface area contributed by atoms with Gasteiger partial charge >= 0.3 is 17.9 Å². The molecule has 0 saturated heterocycles. The number of aromatic hydroxyl groups is 1. The molecule has 0 aliphatic heterocycles. The maximum Gasteiger partial charge on any atom is 0.308 e. The van der Waals surface area contributed by atoms with E-state index in [0.717, 1.165) is 6.08 Å². The van der Waals surface area contributed by atoms with Crippen molar-refractivity contribution in [3.05, 3.63) is 59.2 Å². The lowest BCUT2D eigenvalue weighted by Crippen LogP contribution is -2.13. The van der Waals surface area contributed by atoms with Gasteiger partial charge in [0.05, 0.1) is 16.7 Å². The smallest absolute Gasteiger partial charge is 0.308 e. The van der Waals surface area contributed by atoms with Crippen LogP contribution in [0, 0.1) is 0 Å². The molecule has 9 heteroatoms. The minimum atomic E-state index is -1.23. The Hall–Kier alpha value is -4.24. The first-order chi connectivity index (χ1) is 16.3. The zero-order chi connectivity index (χ0) is 26.3. The number of phenols is 1. The average molecular weight is 482 g/mol. The Labute approximate surface area is 202 Å². The predicted molar refractivity (Wildman–Crippen MR) is 127 cm³/mol. The van der Waals surface area contributed by atoms with Crippen LogP contribution in [0.2, 0.25) is 0 Å². The quantitative estimate of drug-likeness (QED) is 0.249. The van der Waals surface area contributed by atoms with Crippen LogP contribution < -0.4 is 14.2 Å². The summed E-state index contributed by atoms with van der Waals surface area (Å²) in [4.78, 5) is 47.0. The third-order valence-electron chi connectivity index (χ3n) is 4.27. The van der Waals surface area contributed by atoms with Crippen molar-refractivity contribution >= 4 is 35.8 Å². The minimum Gasteiger partial charge on any atom is -0.506 e. The number of phenolic OH excluding ortho intramolecular Hbond substituents is 1. The van der Waals surface area contributed by atoms with Gasteiger partial charge in [0, 0.05) is 32.4 Å². The summed E-state index contributed by atoms with van der Waals surface area (Å²) in [6.45, 7) is 6.63. The molecular formula is C26H26O9. The molecule has 0 aliphatic rings. The number of aliphatic hydroxyl groups is 1. The molecule has 0 fully saturated rings. The standard InChI is InChI=1S/C26H26O9/c1-15(27)33-19-8-6-18(24(14-19)35-17(3)29)7-10-22(30)20-9-11-23(34-16(2)28)21(25(20)31)12-13-26(4,5)32/h6-14,31-32H,1-5H3/b10-7+,13-12+. The molecule has 0 saturated carbocycles. The van der Waals surface area contributed by atoms with E-state index in [9.17, 15) is 29.4 Å². The van der Waals surface area contributed by atoms with Gasteiger partial charge in [0.1, 0.15) is 23.0 Å². The first kappa shape index (κ1) is 27.0. The van der Waals surface area contributed by atoms with Crippen LogP contribution in [0.1, 0.15) is 56.1 Å². The number of allylic oxidation sites excluding steroid dienone is 1. The average Bonchev–Trinajstić information content (AvgIpc) is 2.70. The second kappa shape index (κ2) is 11.3. The molecule has 2 N–H and O–H groups in total. The van der Waals surface area contributed by atoms with Crippen LogP contribution in [0.3, 0.4) is 0 Å². The molecular weight excluding hydrogens is 456 g/mol. The zero-order valence-corrected chi connectivity index (χ0v) is 19.9. The monoisotopic (exact) mass is 482 g/mol. The summed E-state index contributed by atoms with van der Waals surface area (Å²) in [5.41, 5.74) is -0.959. The molecule has 2 aromatic carbocycles. The number of benzene rings is 2. The Morgan fingerprint density at radius 2 is 1.43 bits per heavy atom. The van der Waals surface area contributed by atoms with Crippen LogP contribution in [0.5, 0.6) is 23.0 Å². The lowest BCUT2D eigenvalue weighted by atomic mass is 10.0. The minimum absolute atomic E-state index is 0.00855. The summed E-state index contributed by atoms with van der Waals surface area (Å²) < 4.78 is 15.2. The predicted octanol–water partition coefficient (Wildman–Crippen LogP) is 3.85. The molecule has 2 aromatic rings. The number of hydrogen-bond acceptors (Lipinski definition) is 9. The van der Waals surface area contributed by atoms with E-state index >= 15 is 0 Å². The second-order valence-electron chi connectivity index (χ2n) is 8.04. The van der Waals surface area contributed by atoms with E-state index in [1.807, 2.05) is 0 Å². The number of carbonyl (C=O) groups excluding carboxylic acids is 4. The molecule has 0 atom stereocenters. The van der Waals surface area contributed by atoms with Crippen LogP contribution in [-0.2, 0) is 14.4 Å². The van der Waals surface area contributed by atoms with E-state index in [1.165, 1.54) is 83.2 Å². The normalized spacial score (nSPS) is 11.5. The lowest BCUT2D eigenvalue weighted by molar-refractivity contribution is -0.133. The van der Waals surface area contributed by atoms with Gasteiger partial charge < -0.3 is 24.4 Å². The third-order valence-corrected chi connectivity index (χ3v) is 4.27. The highest BCUT2D eigenvalue weighted by atomic mass is 16.5. The third kappa shape index (κ3) is 8.24. The number of esters is 3. The van der Waals surface area contributed by atoms with Crippen molar-refractivity contribution in [3.63, 3.8) is 0 Å². The van der Waals surface area contributed by atoms with Gasteiger partial charge in [-0.15, -0.1) is 0 Å². The Morgan fingerprint density at radius 3 is 2.00 bits per heavy atom. The number of ether oxygens (including phenoxy) is 3. The molecule has 2 rings (SSSR count). The van der Waals surface area contributed by atoms with Crippen molar-refractivity contribution in [2.45, 2.75) is 40.2 Å². The summed E-state index contributed by atoms with van der Waals surface area (Å²) in [7, 11) is 0. The van der Waals surface area contributed by atoms with E-state index in [4.69, 9.17) is 14.2 Å². The molecule has 0 aromatic heterocycles. The zero-order valence-electron chi connectivity index (χ0n) is 19.9. The molecule has 0 radical (unpaired) electrons. The molecule has 0 spiro atoms. The van der Waals surface area contributed by atoms with Crippen LogP contribution in [0.4, 0.5) is 0 Å². The Bertz CT molecular complexity index is 1210. The van der Waals surface area contributed by atoms with E-state index in [1.54, 1.807) is 0 Å². The van der Waals surface area contributed by atoms with Gasteiger partial charge in [-0.05, 0) is 56.3 Å². The molecule has 9 nitrogen and oxygen atoms in total. The van der Waals surface area contributed by atoms with Crippen LogP contribution in [0.25, 0.3) is 12.2 Å². The maximum atomic E-state index is 12.9. The molecule has 0 unspecified atom stereocenters. The second-order valence-corrected chi connectivity index (χ2v) is 8.04. The SMILES string of the molecule is CC(=O)Oc1ccc(/C=C/C(=O)c2ccc(OC(C)=O)c(/C=C/C(C)(C)O)c2O)c(OC(C)=O)c1. The van der Waals surface area contributed by atoms with Gasteiger partial charge in [-0.3, -0.25) is 19.2 Å². The molecule has 0 heterocycles. The largest absolute Gasteiger partial charge is 0.506 e. The van der Waals surface area contributed by atoms with Gasteiger partial charge in [0.25, 0.3) is 0 Å². The topological polar surface area (TPSA) is 136 Å². The highest BCUT2D eigenvalue weighted by molar-refractivity contribution is 6.09. The van der Waals surface area contributed by atoms with Crippen molar-refractivity contribution < 1.29 is 43.6 Å². The Kier molecular flexibility index (Phi) is 8.69. The summed E-state index contributed by atoms with van der Waals surface area (Å²) >= 11 is 0. The molecule has 35 heavy (non-hydrogen) atoms. The number of rotatable bonds is 8. The fourth-order valence-corrected chi connectivity index (χ4v) is 2.86. The van der Waals surface area contributed by atoms with Crippen LogP contribution >= 0.6 is 0 Å². The van der Waals surface area contributed by atoms with Gasteiger partial charge in [0.15, 0.2) is 5.78 Å². The first-order valence-corrected chi connectivity index (χ1v) is 10.5. The molecule has 0 bridgehead atoms. The summed E-state index contributed by atoms with van der Waals surface area (Å²) in [6.07, 6.45) is 5.23. The summed E-state index contributed by atoms with van der Waals surface area (Å²) in [6, 6.07) is 6.92. The van der Waals surface area contributed by atoms with Crippen molar-refractivity contribution in [1.29, 1.82) is 0 Å². The van der Waals surface area contributed by atoms with Gasteiger partial charge in [-0.25, -0.2) is 0 Å². The number of hydrogen-bond donors (Lipinski definition) is 2. The van der Waals surface area contributed by atoms with Crippen molar-refractivity contribution in [2.24, 2.45) is 0 Å². The highest BCUT2D eigenvalue weighted by Gasteiger charge is 2.18. The maximum absolute atomic E-state index is 12.9. The van der Waals surface area contributed by atoms with Crippen LogP contribution in [0.15, 0.2) is 42.5 Å².